The van der Waals surface area contributed by atoms with Crippen molar-refractivity contribution in [2.24, 2.45) is 0 Å². The molecular weight excluding hydrogens is 368 g/mol. The highest BCUT2D eigenvalue weighted by molar-refractivity contribution is 5.94. The van der Waals surface area contributed by atoms with Gasteiger partial charge in [0.05, 0.1) is 19.9 Å². The Balaban J connectivity index is 1.71. The average molecular weight is 390 g/mol. The van der Waals surface area contributed by atoms with E-state index >= 15 is 0 Å². The maximum atomic E-state index is 12.6. The fourth-order valence-electron chi connectivity index (χ4n) is 2.87. The molecule has 148 valence electrons. The number of nitrogens with one attached hydrogen (secondary N) is 2. The molecule has 1 fully saturated rings. The molecule has 29 heavy (non-hydrogen) atoms. The van der Waals surface area contributed by atoms with Crippen molar-refractivity contribution in [2.45, 2.75) is 18.9 Å². The summed E-state index contributed by atoms with van der Waals surface area (Å²) in [7, 11) is 3.19. The first-order chi connectivity index (χ1) is 14.2. The van der Waals surface area contributed by atoms with Gasteiger partial charge in [-0.15, -0.1) is 0 Å². The minimum atomic E-state index is -0.197. The molecule has 1 saturated carbocycles. The zero-order valence-electron chi connectivity index (χ0n) is 16.3. The van der Waals surface area contributed by atoms with Crippen molar-refractivity contribution in [3.8, 4) is 22.9 Å². The second kappa shape index (κ2) is 8.18. The van der Waals surface area contributed by atoms with Gasteiger partial charge in [-0.1, -0.05) is 30.3 Å². The van der Waals surface area contributed by atoms with Crippen LogP contribution in [-0.4, -0.2) is 36.1 Å². The van der Waals surface area contributed by atoms with Gasteiger partial charge in [0.15, 0.2) is 5.82 Å². The van der Waals surface area contributed by atoms with Crippen molar-refractivity contribution >= 4 is 17.4 Å². The number of hydrogen-bond donors (Lipinski definition) is 2. The summed E-state index contributed by atoms with van der Waals surface area (Å²) in [6, 6.07) is 16.9. The van der Waals surface area contributed by atoms with Crippen molar-refractivity contribution in [3.63, 3.8) is 0 Å². The van der Waals surface area contributed by atoms with E-state index in [2.05, 4.69) is 20.6 Å². The van der Waals surface area contributed by atoms with Gasteiger partial charge < -0.3 is 20.1 Å². The molecule has 0 spiro atoms. The summed E-state index contributed by atoms with van der Waals surface area (Å²) < 4.78 is 10.7. The van der Waals surface area contributed by atoms with Gasteiger partial charge in [0.25, 0.3) is 5.91 Å². The number of ether oxygens (including phenoxy) is 2. The summed E-state index contributed by atoms with van der Waals surface area (Å²) in [5.74, 6) is 2.07. The van der Waals surface area contributed by atoms with Crippen molar-refractivity contribution in [1.82, 2.24) is 15.3 Å². The zero-order chi connectivity index (χ0) is 20.2. The molecule has 0 atom stereocenters. The molecule has 1 aliphatic rings. The number of methoxy groups -OCH3 is 2. The van der Waals surface area contributed by atoms with Crippen molar-refractivity contribution in [3.05, 3.63) is 60.3 Å². The second-order valence-electron chi connectivity index (χ2n) is 6.77. The largest absolute Gasteiger partial charge is 0.497 e. The molecule has 7 nitrogen and oxygen atoms in total. The number of benzene rings is 2. The van der Waals surface area contributed by atoms with Crippen LogP contribution in [0, 0.1) is 0 Å². The second-order valence-corrected chi connectivity index (χ2v) is 6.77. The number of anilines is 2. The number of nitrogens with zero attached hydrogens (tertiary/aromatic N) is 2. The molecular formula is C22H22N4O3. The first-order valence-electron chi connectivity index (χ1n) is 9.40. The van der Waals surface area contributed by atoms with E-state index in [1.54, 1.807) is 26.4 Å². The summed E-state index contributed by atoms with van der Waals surface area (Å²) in [5, 5.41) is 6.22. The molecule has 4 rings (SSSR count). The van der Waals surface area contributed by atoms with Crippen LogP contribution in [0.5, 0.6) is 11.5 Å². The summed E-state index contributed by atoms with van der Waals surface area (Å²) in [6.07, 6.45) is 2.02. The van der Waals surface area contributed by atoms with Gasteiger partial charge in [-0.2, -0.15) is 0 Å². The van der Waals surface area contributed by atoms with Gasteiger partial charge in [-0.05, 0) is 25.0 Å². The topological polar surface area (TPSA) is 85.4 Å². The fourth-order valence-corrected chi connectivity index (χ4v) is 2.87. The number of amides is 1. The zero-order valence-corrected chi connectivity index (χ0v) is 16.3. The molecule has 1 aliphatic carbocycles. The molecule has 0 unspecified atom stereocenters. The lowest BCUT2D eigenvalue weighted by atomic mass is 10.2. The number of hydrogen-bond acceptors (Lipinski definition) is 6. The Morgan fingerprint density at radius 1 is 1.00 bits per heavy atom. The van der Waals surface area contributed by atoms with Gasteiger partial charge in [-0.25, -0.2) is 9.97 Å². The standard InChI is InChI=1S/C22H22N4O3/c1-28-16-10-11-17(19(12-16)29-2)24-20-13-18(22(27)23-15-8-9-15)25-21(26-20)14-6-4-3-5-7-14/h3-7,10-13,15H,8-9H2,1-2H3,(H,23,27)(H,24,25,26). The highest BCUT2D eigenvalue weighted by Crippen LogP contribution is 2.31. The summed E-state index contributed by atoms with van der Waals surface area (Å²) in [6.45, 7) is 0. The average Bonchev–Trinajstić information content (AvgIpc) is 3.58. The quantitative estimate of drug-likeness (QED) is 0.638. The Labute approximate surface area is 169 Å². The smallest absolute Gasteiger partial charge is 0.270 e. The SMILES string of the molecule is COc1ccc(Nc2cc(C(=O)NC3CC3)nc(-c3ccccc3)n2)c(OC)c1. The minimum absolute atomic E-state index is 0.197. The molecule has 1 heterocycles. The Morgan fingerprint density at radius 3 is 2.48 bits per heavy atom. The number of carbonyl (C=O) groups is 1. The highest BCUT2D eigenvalue weighted by atomic mass is 16.5. The molecule has 0 radical (unpaired) electrons. The van der Waals surface area contributed by atoms with Crippen LogP contribution in [0.2, 0.25) is 0 Å². The van der Waals surface area contributed by atoms with Crippen LogP contribution < -0.4 is 20.1 Å². The molecule has 0 saturated heterocycles. The molecule has 1 amide bonds. The van der Waals surface area contributed by atoms with Gasteiger partial charge in [0.1, 0.15) is 23.0 Å². The Kier molecular flexibility index (Phi) is 5.29. The van der Waals surface area contributed by atoms with Crippen molar-refractivity contribution in [1.29, 1.82) is 0 Å². The van der Waals surface area contributed by atoms with E-state index in [9.17, 15) is 4.79 Å². The van der Waals surface area contributed by atoms with Gasteiger partial charge in [0.2, 0.25) is 0 Å². The minimum Gasteiger partial charge on any atom is -0.497 e. The maximum Gasteiger partial charge on any atom is 0.270 e. The normalized spacial score (nSPS) is 12.9. The van der Waals surface area contributed by atoms with E-state index in [1.807, 2.05) is 42.5 Å². The molecule has 7 heteroatoms. The highest BCUT2D eigenvalue weighted by Gasteiger charge is 2.25. The van der Waals surface area contributed by atoms with E-state index in [1.165, 1.54) is 0 Å². The molecule has 2 N–H and O–H groups in total. The first-order valence-corrected chi connectivity index (χ1v) is 9.40. The predicted molar refractivity (Wildman–Crippen MR) is 111 cm³/mol. The van der Waals surface area contributed by atoms with Crippen LogP contribution in [-0.2, 0) is 0 Å². The number of rotatable bonds is 7. The lowest BCUT2D eigenvalue weighted by Crippen LogP contribution is -2.26. The van der Waals surface area contributed by atoms with E-state index in [0.717, 1.165) is 18.4 Å². The third-order valence-corrected chi connectivity index (χ3v) is 4.57. The fraction of sp³-hybridized carbons (Fsp3) is 0.227. The van der Waals surface area contributed by atoms with Crippen LogP contribution in [0.4, 0.5) is 11.5 Å². The van der Waals surface area contributed by atoms with Gasteiger partial charge in [0, 0.05) is 23.7 Å². The Hall–Kier alpha value is -3.61. The lowest BCUT2D eigenvalue weighted by Gasteiger charge is -2.14. The maximum absolute atomic E-state index is 12.6. The Bertz CT molecular complexity index is 1020. The van der Waals surface area contributed by atoms with Crippen LogP contribution in [0.1, 0.15) is 23.3 Å². The predicted octanol–water partition coefficient (Wildman–Crippen LogP) is 3.80. The van der Waals surface area contributed by atoms with Crippen LogP contribution in [0.25, 0.3) is 11.4 Å². The van der Waals surface area contributed by atoms with E-state index in [4.69, 9.17) is 9.47 Å². The molecule has 3 aromatic rings. The number of carbonyl (C=O) groups excluding carboxylic acids is 1. The van der Waals surface area contributed by atoms with E-state index in [-0.39, 0.29) is 11.9 Å². The lowest BCUT2D eigenvalue weighted by molar-refractivity contribution is 0.0946. The van der Waals surface area contributed by atoms with E-state index in [0.29, 0.717) is 34.5 Å². The summed E-state index contributed by atoms with van der Waals surface area (Å²) in [5.41, 5.74) is 1.86. The summed E-state index contributed by atoms with van der Waals surface area (Å²) in [4.78, 5) is 21.7. The van der Waals surface area contributed by atoms with E-state index < -0.39 is 0 Å². The molecule has 1 aromatic heterocycles. The van der Waals surface area contributed by atoms with Crippen LogP contribution in [0.15, 0.2) is 54.6 Å². The summed E-state index contributed by atoms with van der Waals surface area (Å²) >= 11 is 0. The van der Waals surface area contributed by atoms with Crippen molar-refractivity contribution in [2.75, 3.05) is 19.5 Å². The van der Waals surface area contributed by atoms with Crippen molar-refractivity contribution < 1.29 is 14.3 Å². The molecule has 2 aromatic carbocycles. The third-order valence-electron chi connectivity index (χ3n) is 4.57. The van der Waals surface area contributed by atoms with Gasteiger partial charge >= 0.3 is 0 Å². The number of aromatic nitrogens is 2. The Morgan fingerprint density at radius 2 is 1.79 bits per heavy atom. The monoisotopic (exact) mass is 390 g/mol. The molecule has 0 aliphatic heterocycles. The van der Waals surface area contributed by atoms with Crippen LogP contribution >= 0.6 is 0 Å². The first kappa shape index (κ1) is 18.7. The third kappa shape index (κ3) is 4.45. The van der Waals surface area contributed by atoms with Crippen LogP contribution in [0.3, 0.4) is 0 Å². The molecule has 0 bridgehead atoms. The van der Waals surface area contributed by atoms with Gasteiger partial charge in [-0.3, -0.25) is 4.79 Å².